The number of anilines is 1. The summed E-state index contributed by atoms with van der Waals surface area (Å²) < 4.78 is 60.1. The predicted octanol–water partition coefficient (Wildman–Crippen LogP) is -1.88. The molecule has 0 bridgehead atoms. The van der Waals surface area contributed by atoms with Crippen molar-refractivity contribution in [1.82, 2.24) is 0 Å². The summed E-state index contributed by atoms with van der Waals surface area (Å²) in [4.78, 5) is 0. The molecule has 16 heavy (non-hydrogen) atoms. The van der Waals surface area contributed by atoms with Crippen LogP contribution in [-0.4, -0.2) is 21.7 Å². The second-order valence-corrected chi connectivity index (χ2v) is 4.82. The van der Waals surface area contributed by atoms with E-state index in [2.05, 4.69) is 4.72 Å². The molecule has 1 N–H and O–H groups in total. The van der Waals surface area contributed by atoms with Gasteiger partial charge in [-0.15, -0.1) is 5.46 Å². The Balaban J connectivity index is 0.00000225. The van der Waals surface area contributed by atoms with Crippen LogP contribution in [0.3, 0.4) is 0 Å². The van der Waals surface area contributed by atoms with Crippen molar-refractivity contribution < 1.29 is 72.7 Å². The fraction of sp³-hybridized carbons (Fsp3) is 0.143. The Morgan fingerprint density at radius 1 is 1.12 bits per heavy atom. The molecule has 0 amide bonds. The maximum atomic E-state index is 12.2. The van der Waals surface area contributed by atoms with Gasteiger partial charge in [-0.05, 0) is 12.1 Å². The third-order valence-corrected chi connectivity index (χ3v) is 2.20. The zero-order chi connectivity index (χ0) is 11.7. The van der Waals surface area contributed by atoms with Crippen LogP contribution in [0.5, 0.6) is 0 Å². The van der Waals surface area contributed by atoms with Gasteiger partial charge >= 0.3 is 58.4 Å². The van der Waals surface area contributed by atoms with E-state index < -0.39 is 22.5 Å². The van der Waals surface area contributed by atoms with Gasteiger partial charge in [-0.2, -0.15) is 0 Å². The fourth-order valence-electron chi connectivity index (χ4n) is 0.983. The van der Waals surface area contributed by atoms with Crippen LogP contribution < -0.4 is 61.6 Å². The van der Waals surface area contributed by atoms with Gasteiger partial charge in [0.05, 0.1) is 6.26 Å². The SMILES string of the molecule is CS(=O)(=O)Nc1ccc([B-](F)(F)F)cc1.[K+]. The molecule has 0 saturated carbocycles. The topological polar surface area (TPSA) is 46.2 Å². The van der Waals surface area contributed by atoms with E-state index in [1.165, 1.54) is 0 Å². The van der Waals surface area contributed by atoms with Crippen LogP contribution in [0.15, 0.2) is 24.3 Å². The molecule has 0 fully saturated rings. The minimum Gasteiger partial charge on any atom is -0.445 e. The molecular weight excluding hydrogens is 269 g/mol. The van der Waals surface area contributed by atoms with Crippen LogP contribution in [0, 0.1) is 0 Å². The number of halogens is 3. The standard InChI is InChI=1S/C7H8BF3NO2S.K/c1-15(13,14)12-7-4-2-6(3-5-7)8(9,10)11;/h2-5,12H,1H3;/q-1;+1. The van der Waals surface area contributed by atoms with Gasteiger partial charge in [0.15, 0.2) is 0 Å². The Labute approximate surface area is 134 Å². The van der Waals surface area contributed by atoms with Crippen molar-refractivity contribution >= 4 is 28.2 Å². The summed E-state index contributed by atoms with van der Waals surface area (Å²) in [5.41, 5.74) is -0.643. The van der Waals surface area contributed by atoms with Crippen LogP contribution in [-0.2, 0) is 10.0 Å². The fourth-order valence-corrected chi connectivity index (χ4v) is 1.55. The Kier molecular flexibility index (Phi) is 6.04. The first-order valence-electron chi connectivity index (χ1n) is 3.96. The molecule has 1 aromatic rings. The summed E-state index contributed by atoms with van der Waals surface area (Å²) in [6, 6.07) is 3.83. The largest absolute Gasteiger partial charge is 1.00 e. The van der Waals surface area contributed by atoms with Gasteiger partial charge in [-0.3, -0.25) is 4.72 Å². The van der Waals surface area contributed by atoms with Crippen LogP contribution >= 0.6 is 0 Å². The predicted molar refractivity (Wildman–Crippen MR) is 53.6 cm³/mol. The minimum absolute atomic E-state index is 0. The van der Waals surface area contributed by atoms with Crippen molar-refractivity contribution in [3.63, 3.8) is 0 Å². The first kappa shape index (κ1) is 16.5. The first-order valence-corrected chi connectivity index (χ1v) is 5.85. The molecule has 84 valence electrons. The Bertz CT molecular complexity index is 446. The number of benzene rings is 1. The number of hydrogen-bond acceptors (Lipinski definition) is 2. The van der Waals surface area contributed by atoms with Crippen molar-refractivity contribution in [3.8, 4) is 0 Å². The minimum atomic E-state index is -5.03. The van der Waals surface area contributed by atoms with Gasteiger partial charge in [0.1, 0.15) is 0 Å². The van der Waals surface area contributed by atoms with Crippen LogP contribution in [0.25, 0.3) is 0 Å². The van der Waals surface area contributed by atoms with Gasteiger partial charge in [0.25, 0.3) is 0 Å². The zero-order valence-corrected chi connectivity index (χ0v) is 12.7. The molecule has 0 aromatic heterocycles. The van der Waals surface area contributed by atoms with Crippen LogP contribution in [0.4, 0.5) is 18.6 Å². The van der Waals surface area contributed by atoms with Gasteiger partial charge < -0.3 is 12.9 Å². The quantitative estimate of drug-likeness (QED) is 0.657. The summed E-state index contributed by atoms with van der Waals surface area (Å²) in [6.07, 6.45) is 0.925. The Morgan fingerprint density at radius 2 is 1.56 bits per heavy atom. The van der Waals surface area contributed by atoms with E-state index in [4.69, 9.17) is 0 Å². The van der Waals surface area contributed by atoms with Crippen LogP contribution in [0.2, 0.25) is 0 Å². The number of rotatable bonds is 3. The summed E-state index contributed by atoms with van der Waals surface area (Å²) >= 11 is 0. The monoisotopic (exact) mass is 277 g/mol. The molecule has 0 saturated heterocycles. The zero-order valence-electron chi connectivity index (χ0n) is 8.75. The smallest absolute Gasteiger partial charge is 0.445 e. The summed E-state index contributed by atoms with van der Waals surface area (Å²) in [5, 5.41) is 0. The van der Waals surface area contributed by atoms with E-state index in [0.29, 0.717) is 0 Å². The molecule has 0 radical (unpaired) electrons. The molecule has 9 heteroatoms. The maximum absolute atomic E-state index is 12.2. The van der Waals surface area contributed by atoms with E-state index in [1.807, 2.05) is 0 Å². The van der Waals surface area contributed by atoms with Gasteiger partial charge in [0, 0.05) is 5.69 Å². The summed E-state index contributed by atoms with van der Waals surface area (Å²) in [6.45, 7) is -5.03. The van der Waals surface area contributed by atoms with Crippen LogP contribution in [0.1, 0.15) is 0 Å². The van der Waals surface area contributed by atoms with E-state index in [9.17, 15) is 21.4 Å². The number of sulfonamides is 1. The Morgan fingerprint density at radius 3 is 1.88 bits per heavy atom. The second-order valence-electron chi connectivity index (χ2n) is 3.07. The van der Waals surface area contributed by atoms with Crippen molar-refractivity contribution in [2.24, 2.45) is 0 Å². The summed E-state index contributed by atoms with van der Waals surface area (Å²) in [5.74, 6) is 0. The molecule has 0 heterocycles. The number of hydrogen-bond donors (Lipinski definition) is 1. The van der Waals surface area contributed by atoms with E-state index >= 15 is 0 Å². The maximum Gasteiger partial charge on any atom is 1.00 e. The molecular formula is C7H8BF3KNO2S. The Hall–Kier alpha value is 0.461. The third kappa shape index (κ3) is 5.69. The second kappa shape index (κ2) is 5.87. The molecule has 1 aromatic carbocycles. The van der Waals surface area contributed by atoms with Crippen molar-refractivity contribution in [2.75, 3.05) is 11.0 Å². The molecule has 0 unspecified atom stereocenters. The molecule has 0 atom stereocenters. The van der Waals surface area contributed by atoms with Gasteiger partial charge in [-0.25, -0.2) is 8.42 Å². The average Bonchev–Trinajstić information content (AvgIpc) is 2.00. The molecule has 0 spiro atoms. The van der Waals surface area contributed by atoms with E-state index in [1.54, 1.807) is 0 Å². The van der Waals surface area contributed by atoms with Crippen molar-refractivity contribution in [3.05, 3.63) is 24.3 Å². The van der Waals surface area contributed by atoms with Gasteiger partial charge in [0.2, 0.25) is 10.0 Å². The molecule has 0 aliphatic rings. The van der Waals surface area contributed by atoms with Crippen molar-refractivity contribution in [1.29, 1.82) is 0 Å². The molecule has 3 nitrogen and oxygen atoms in total. The average molecular weight is 277 g/mol. The van der Waals surface area contributed by atoms with E-state index in [0.717, 1.165) is 30.5 Å². The molecule has 0 aliphatic carbocycles. The third-order valence-electron chi connectivity index (χ3n) is 1.59. The normalized spacial score (nSPS) is 11.8. The number of nitrogens with one attached hydrogen (secondary N) is 1. The molecule has 0 aliphatic heterocycles. The van der Waals surface area contributed by atoms with Gasteiger partial charge in [-0.1, -0.05) is 12.1 Å². The van der Waals surface area contributed by atoms with Crippen molar-refractivity contribution in [2.45, 2.75) is 0 Å². The first-order chi connectivity index (χ1) is 6.68. The molecule has 1 rings (SSSR count). The van der Waals surface area contributed by atoms with E-state index in [-0.39, 0.29) is 57.1 Å². The summed E-state index contributed by atoms with van der Waals surface area (Å²) in [7, 11) is -3.45.